The standard InChI is InChI=1S/C18H18N2O3.3C7H10N2O2.C2H6.3CH4/c1-12-15(16(21)14-9-3-2-4-10-14)20(18(23)19-17(12)22)11-13-7-5-6-8-13;3*1-4-5(2)9(3)7(11)8-6(4)10;1-2;;;/h2-6,9-10,13H,7-8,11H2,1H3,(H,19,22,23);3*1-3H3,(H,8,10,11);1-2H3;3*1H4. The zero-order chi connectivity index (χ0) is 44.2. The second-order valence-corrected chi connectivity index (χ2v) is 13.4. The molecule has 4 heterocycles. The maximum absolute atomic E-state index is 12.8. The van der Waals surface area contributed by atoms with E-state index < -0.39 is 11.2 Å². The van der Waals surface area contributed by atoms with Crippen LogP contribution in [0.25, 0.3) is 0 Å². The van der Waals surface area contributed by atoms with Crippen LogP contribution in [0.1, 0.15) is 104 Å². The van der Waals surface area contributed by atoms with Crippen molar-refractivity contribution < 1.29 is 4.79 Å². The maximum Gasteiger partial charge on any atom is 0.328 e. The van der Waals surface area contributed by atoms with Gasteiger partial charge in [0.1, 0.15) is 5.69 Å². The van der Waals surface area contributed by atoms with Gasteiger partial charge in [-0.1, -0.05) is 78.6 Å². The summed E-state index contributed by atoms with van der Waals surface area (Å²) in [5.41, 5.74) is 1.82. The number of hydrogen-bond donors (Lipinski definition) is 4. The molecule has 0 radical (unpaired) electrons. The molecule has 4 N–H and O–H groups in total. The molecular formula is C44H66N8O9. The number of hydrogen-bond acceptors (Lipinski definition) is 9. The Labute approximate surface area is 355 Å². The van der Waals surface area contributed by atoms with Crippen molar-refractivity contribution in [3.8, 4) is 0 Å². The van der Waals surface area contributed by atoms with Crippen molar-refractivity contribution in [2.45, 2.75) is 104 Å². The highest BCUT2D eigenvalue weighted by atomic mass is 16.2. The first-order valence-corrected chi connectivity index (χ1v) is 18.6. The summed E-state index contributed by atoms with van der Waals surface area (Å²) in [5, 5.41) is 0. The number of carbonyl (C=O) groups excluding carboxylic acids is 1. The van der Waals surface area contributed by atoms with Crippen LogP contribution in [0, 0.1) is 54.4 Å². The first kappa shape index (κ1) is 56.4. The molecule has 1 aromatic carbocycles. The molecule has 1 aliphatic carbocycles. The second kappa shape index (κ2) is 25.1. The van der Waals surface area contributed by atoms with E-state index in [1.54, 1.807) is 93.9 Å². The van der Waals surface area contributed by atoms with Gasteiger partial charge in [0.05, 0.1) is 0 Å². The largest absolute Gasteiger partial charge is 0.328 e. The van der Waals surface area contributed by atoms with Crippen LogP contribution >= 0.6 is 0 Å². The molecule has 17 nitrogen and oxygen atoms in total. The Balaban J connectivity index is 0. The van der Waals surface area contributed by atoms with Gasteiger partial charge >= 0.3 is 22.8 Å². The van der Waals surface area contributed by atoms with Gasteiger partial charge in [-0.15, -0.1) is 0 Å². The Hall–Kier alpha value is -6.65. The number of nitrogens with zero attached hydrogens (tertiary/aromatic N) is 4. The lowest BCUT2D eigenvalue weighted by Crippen LogP contribution is -2.37. The molecule has 0 saturated heterocycles. The fourth-order valence-corrected chi connectivity index (χ4v) is 5.47. The third-order valence-corrected chi connectivity index (χ3v) is 9.96. The number of ketones is 1. The Morgan fingerprint density at radius 1 is 0.525 bits per heavy atom. The lowest BCUT2D eigenvalue weighted by atomic mass is 10.0. The lowest BCUT2D eigenvalue weighted by Gasteiger charge is -2.17. The molecule has 61 heavy (non-hydrogen) atoms. The Morgan fingerprint density at radius 3 is 1.18 bits per heavy atom. The summed E-state index contributed by atoms with van der Waals surface area (Å²) in [4.78, 5) is 112. The first-order valence-electron chi connectivity index (χ1n) is 18.6. The first-order chi connectivity index (χ1) is 27.2. The van der Waals surface area contributed by atoms with E-state index in [4.69, 9.17) is 0 Å². The predicted molar refractivity (Wildman–Crippen MR) is 245 cm³/mol. The third-order valence-electron chi connectivity index (χ3n) is 9.96. The predicted octanol–water partition coefficient (Wildman–Crippen LogP) is 4.05. The molecule has 0 atom stereocenters. The fourth-order valence-electron chi connectivity index (χ4n) is 5.47. The Kier molecular flexibility index (Phi) is 23.2. The van der Waals surface area contributed by atoms with Crippen molar-refractivity contribution in [3.05, 3.63) is 176 Å². The third kappa shape index (κ3) is 14.0. The molecule has 4 aromatic heterocycles. The van der Waals surface area contributed by atoms with Crippen LogP contribution in [0.4, 0.5) is 0 Å². The summed E-state index contributed by atoms with van der Waals surface area (Å²) in [6.07, 6.45) is 5.91. The number of nitrogens with one attached hydrogen (secondary N) is 4. The molecule has 0 fully saturated rings. The quantitative estimate of drug-likeness (QED) is 0.151. The van der Waals surface area contributed by atoms with Crippen molar-refractivity contribution >= 4 is 5.78 Å². The van der Waals surface area contributed by atoms with E-state index in [9.17, 15) is 43.2 Å². The molecule has 0 saturated carbocycles. The molecule has 0 unspecified atom stereocenters. The highest BCUT2D eigenvalue weighted by Gasteiger charge is 2.22. The van der Waals surface area contributed by atoms with E-state index in [0.29, 0.717) is 45.9 Å². The van der Waals surface area contributed by atoms with Gasteiger partial charge in [0.25, 0.3) is 22.2 Å². The zero-order valence-corrected chi connectivity index (χ0v) is 35.2. The number of allylic oxidation sites excluding steroid dienone is 2. The molecule has 17 heteroatoms. The summed E-state index contributed by atoms with van der Waals surface area (Å²) in [7, 11) is 4.88. The van der Waals surface area contributed by atoms with Crippen LogP contribution < -0.4 is 45.0 Å². The molecular weight excluding hydrogens is 785 g/mol. The van der Waals surface area contributed by atoms with Crippen LogP contribution in [-0.2, 0) is 27.7 Å². The smallest absolute Gasteiger partial charge is 0.301 e. The summed E-state index contributed by atoms with van der Waals surface area (Å²) in [5.74, 6) is -0.0161. The van der Waals surface area contributed by atoms with Gasteiger partial charge in [-0.05, 0) is 67.2 Å². The van der Waals surface area contributed by atoms with Crippen molar-refractivity contribution in [1.29, 1.82) is 0 Å². The van der Waals surface area contributed by atoms with Crippen molar-refractivity contribution in [2.75, 3.05) is 0 Å². The summed E-state index contributed by atoms with van der Waals surface area (Å²) in [6, 6.07) is 8.72. The number of rotatable bonds is 4. The van der Waals surface area contributed by atoms with Gasteiger partial charge in [-0.25, -0.2) is 19.2 Å². The molecule has 1 aliphatic rings. The number of benzene rings is 1. The molecule has 0 aliphatic heterocycles. The lowest BCUT2D eigenvalue weighted by molar-refractivity contribution is 0.102. The minimum atomic E-state index is -0.521. The fraction of sp³-hybridized carbons (Fsp3) is 0.432. The van der Waals surface area contributed by atoms with Gasteiger partial charge in [0.2, 0.25) is 5.78 Å². The normalized spacial score (nSPS) is 11.0. The number of aromatic amines is 4. The highest BCUT2D eigenvalue weighted by Crippen LogP contribution is 2.20. The van der Waals surface area contributed by atoms with Crippen LogP contribution in [0.2, 0.25) is 0 Å². The van der Waals surface area contributed by atoms with E-state index in [2.05, 4.69) is 32.1 Å². The Morgan fingerprint density at radius 2 is 0.836 bits per heavy atom. The second-order valence-electron chi connectivity index (χ2n) is 13.4. The van der Waals surface area contributed by atoms with Gasteiger partial charge in [-0.3, -0.25) is 48.5 Å². The number of H-pyrrole nitrogens is 4. The average molecular weight is 851 g/mol. The summed E-state index contributed by atoms with van der Waals surface area (Å²) in [6.45, 7) is 16.3. The molecule has 5 aromatic rings. The average Bonchev–Trinajstić information content (AvgIpc) is 3.73. The molecule has 0 amide bonds. The van der Waals surface area contributed by atoms with Crippen LogP contribution in [0.5, 0.6) is 0 Å². The van der Waals surface area contributed by atoms with Crippen molar-refractivity contribution in [1.82, 2.24) is 38.2 Å². The SMILES string of the molecule is C.C.C.CC.Cc1c(C(=O)c2ccccc2)n(CC2CC=CC2)c(=O)[nH]c1=O.Cc1c(C)n(C)c(=O)[nH]c1=O.Cc1c(C)n(C)c(=O)[nH]c1=O.Cc1c(C)n(C)c(=O)[nH]c1=O. The minimum Gasteiger partial charge on any atom is -0.301 e. The van der Waals surface area contributed by atoms with Gasteiger partial charge in [0.15, 0.2) is 0 Å². The highest BCUT2D eigenvalue weighted by molar-refractivity contribution is 6.08. The van der Waals surface area contributed by atoms with Crippen LogP contribution in [-0.4, -0.2) is 44.0 Å². The van der Waals surface area contributed by atoms with Crippen LogP contribution in [0.3, 0.4) is 0 Å². The van der Waals surface area contributed by atoms with E-state index >= 15 is 0 Å². The van der Waals surface area contributed by atoms with Crippen LogP contribution in [0.15, 0.2) is 80.8 Å². The van der Waals surface area contributed by atoms with E-state index in [1.165, 1.54) is 18.3 Å². The molecule has 0 spiro atoms. The monoisotopic (exact) mass is 850 g/mol. The van der Waals surface area contributed by atoms with Crippen molar-refractivity contribution in [2.24, 2.45) is 27.1 Å². The minimum absolute atomic E-state index is 0. The van der Waals surface area contributed by atoms with Gasteiger partial charge in [0, 0.05) is 72.6 Å². The van der Waals surface area contributed by atoms with E-state index in [1.807, 2.05) is 19.9 Å². The van der Waals surface area contributed by atoms with Crippen molar-refractivity contribution in [3.63, 3.8) is 0 Å². The van der Waals surface area contributed by atoms with E-state index in [-0.39, 0.29) is 79.0 Å². The number of aromatic nitrogens is 8. The van der Waals surface area contributed by atoms with Gasteiger partial charge in [-0.2, -0.15) is 0 Å². The Bertz CT molecular complexity index is 2480. The van der Waals surface area contributed by atoms with Gasteiger partial charge < -0.3 is 13.7 Å². The topological polar surface area (TPSA) is 237 Å². The molecule has 6 rings (SSSR count). The maximum atomic E-state index is 12.8. The summed E-state index contributed by atoms with van der Waals surface area (Å²) < 4.78 is 5.66. The molecule has 0 bridgehead atoms. The summed E-state index contributed by atoms with van der Waals surface area (Å²) >= 11 is 0. The number of carbonyl (C=O) groups is 1. The van der Waals surface area contributed by atoms with E-state index in [0.717, 1.165) is 12.8 Å². The zero-order valence-electron chi connectivity index (χ0n) is 35.2. The molecule has 336 valence electrons.